The van der Waals surface area contributed by atoms with E-state index in [-0.39, 0.29) is 12.2 Å². The average Bonchev–Trinajstić information content (AvgIpc) is 3.43. The van der Waals surface area contributed by atoms with Crippen LogP contribution >= 0.6 is 0 Å². The molecular weight excluding hydrogens is 524 g/mol. The van der Waals surface area contributed by atoms with Gasteiger partial charge in [0.2, 0.25) is 0 Å². The van der Waals surface area contributed by atoms with Crippen LogP contribution in [-0.2, 0) is 0 Å². The number of hydrogen-bond donors (Lipinski definition) is 3. The minimum absolute atomic E-state index is 0.0257. The van der Waals surface area contributed by atoms with E-state index in [9.17, 15) is 0 Å². The van der Waals surface area contributed by atoms with Gasteiger partial charge < -0.3 is 15.2 Å². The van der Waals surface area contributed by atoms with Crippen molar-refractivity contribution in [1.82, 2.24) is 20.5 Å². The third kappa shape index (κ3) is 4.72. The highest BCUT2D eigenvalue weighted by atomic mass is 15.2. The van der Waals surface area contributed by atoms with Gasteiger partial charge in [0.25, 0.3) is 0 Å². The normalized spacial score (nSPS) is 18.1. The average molecular weight is 557 g/mol. The van der Waals surface area contributed by atoms with Crippen LogP contribution in [0.15, 0.2) is 152 Å². The van der Waals surface area contributed by atoms with Crippen LogP contribution in [0, 0.1) is 0 Å². The summed E-state index contributed by atoms with van der Waals surface area (Å²) in [6.07, 6.45) is 8.68. The van der Waals surface area contributed by atoms with Crippen LogP contribution in [0.3, 0.4) is 0 Å². The molecule has 0 saturated heterocycles. The van der Waals surface area contributed by atoms with E-state index < -0.39 is 0 Å². The first kappa shape index (κ1) is 25.4. The monoisotopic (exact) mass is 556 g/mol. The Morgan fingerprint density at radius 3 is 2.14 bits per heavy atom. The molecule has 5 aromatic carbocycles. The van der Waals surface area contributed by atoms with Gasteiger partial charge in [-0.1, -0.05) is 103 Å². The number of para-hydroxylation sites is 2. The number of nitrogens with one attached hydrogen (secondary N) is 3. The number of aromatic nitrogens is 1. The SMILES string of the molecule is C1=CC(c2ccc(C3=CC(c4ccc5c(c4)c4ccccc4n5-c4ccccc4)NC(c4ccccc4)N3)cc2)=CCN1. The van der Waals surface area contributed by atoms with E-state index in [0.717, 1.165) is 12.2 Å². The lowest BCUT2D eigenvalue weighted by Gasteiger charge is -2.33. The molecule has 4 heteroatoms. The predicted molar refractivity (Wildman–Crippen MR) is 179 cm³/mol. The van der Waals surface area contributed by atoms with Crippen molar-refractivity contribution >= 4 is 33.1 Å². The summed E-state index contributed by atoms with van der Waals surface area (Å²) in [7, 11) is 0. The Morgan fingerprint density at radius 2 is 1.35 bits per heavy atom. The van der Waals surface area contributed by atoms with Crippen LogP contribution in [0.5, 0.6) is 0 Å². The van der Waals surface area contributed by atoms with E-state index in [2.05, 4.69) is 166 Å². The Labute approximate surface area is 251 Å². The van der Waals surface area contributed by atoms with Crippen LogP contribution in [0.4, 0.5) is 0 Å². The number of dihydropyridines is 1. The molecule has 0 amide bonds. The van der Waals surface area contributed by atoms with Crippen molar-refractivity contribution in [3.63, 3.8) is 0 Å². The summed E-state index contributed by atoms with van der Waals surface area (Å²) in [5, 5.41) is 13.4. The van der Waals surface area contributed by atoms with Gasteiger partial charge in [0.05, 0.1) is 17.1 Å². The van der Waals surface area contributed by atoms with E-state index in [0.29, 0.717) is 0 Å². The molecule has 3 heterocycles. The number of benzene rings is 5. The maximum Gasteiger partial charge on any atom is 0.104 e. The molecule has 208 valence electrons. The van der Waals surface area contributed by atoms with Gasteiger partial charge in [-0.2, -0.15) is 0 Å². The first-order valence-corrected chi connectivity index (χ1v) is 14.9. The first-order valence-electron chi connectivity index (χ1n) is 14.9. The molecule has 1 aromatic heterocycles. The molecule has 0 aliphatic carbocycles. The quantitative estimate of drug-likeness (QED) is 0.200. The second-order valence-corrected chi connectivity index (χ2v) is 11.2. The highest BCUT2D eigenvalue weighted by molar-refractivity contribution is 6.09. The predicted octanol–water partition coefficient (Wildman–Crippen LogP) is 8.26. The third-order valence-electron chi connectivity index (χ3n) is 8.53. The Hall–Kier alpha value is -5.32. The highest BCUT2D eigenvalue weighted by Crippen LogP contribution is 2.36. The van der Waals surface area contributed by atoms with Crippen molar-refractivity contribution in [3.05, 3.63) is 174 Å². The number of hydrogen-bond acceptors (Lipinski definition) is 3. The molecule has 0 spiro atoms. The molecule has 3 N–H and O–H groups in total. The zero-order valence-electron chi connectivity index (χ0n) is 23.7. The molecule has 0 fully saturated rings. The van der Waals surface area contributed by atoms with Crippen LogP contribution in [0.2, 0.25) is 0 Å². The Balaban J connectivity index is 1.22. The smallest absolute Gasteiger partial charge is 0.104 e. The van der Waals surface area contributed by atoms with Gasteiger partial charge >= 0.3 is 0 Å². The fourth-order valence-electron chi connectivity index (χ4n) is 6.39. The number of nitrogens with zero attached hydrogens (tertiary/aromatic N) is 1. The Kier molecular flexibility index (Phi) is 6.39. The number of allylic oxidation sites excluding steroid dienone is 2. The fraction of sp³-hybridized carbons (Fsp3) is 0.0769. The van der Waals surface area contributed by atoms with Crippen LogP contribution in [0.25, 0.3) is 38.8 Å². The molecule has 4 nitrogen and oxygen atoms in total. The Morgan fingerprint density at radius 1 is 0.628 bits per heavy atom. The van der Waals surface area contributed by atoms with Crippen LogP contribution < -0.4 is 16.0 Å². The largest absolute Gasteiger partial charge is 0.387 e. The minimum Gasteiger partial charge on any atom is -0.387 e. The van der Waals surface area contributed by atoms with Gasteiger partial charge in [0.15, 0.2) is 0 Å². The van der Waals surface area contributed by atoms with Crippen molar-refractivity contribution in [2.75, 3.05) is 6.54 Å². The zero-order valence-corrected chi connectivity index (χ0v) is 23.7. The molecule has 2 unspecified atom stereocenters. The number of rotatable bonds is 5. The van der Waals surface area contributed by atoms with Crippen molar-refractivity contribution in [1.29, 1.82) is 0 Å². The molecule has 2 atom stereocenters. The molecule has 0 saturated carbocycles. The lowest BCUT2D eigenvalue weighted by molar-refractivity contribution is 0.443. The second-order valence-electron chi connectivity index (χ2n) is 11.2. The summed E-state index contributed by atoms with van der Waals surface area (Å²) < 4.78 is 2.37. The van der Waals surface area contributed by atoms with Crippen LogP contribution in [0.1, 0.15) is 34.5 Å². The summed E-state index contributed by atoms with van der Waals surface area (Å²) in [5.41, 5.74) is 10.8. The minimum atomic E-state index is -0.0257. The maximum absolute atomic E-state index is 3.88. The highest BCUT2D eigenvalue weighted by Gasteiger charge is 2.25. The topological polar surface area (TPSA) is 41.0 Å². The molecule has 43 heavy (non-hydrogen) atoms. The lowest BCUT2D eigenvalue weighted by Crippen LogP contribution is -2.39. The van der Waals surface area contributed by atoms with E-state index in [4.69, 9.17) is 0 Å². The van der Waals surface area contributed by atoms with Crippen molar-refractivity contribution in [3.8, 4) is 5.69 Å². The zero-order chi connectivity index (χ0) is 28.6. The Bertz CT molecular complexity index is 2020. The van der Waals surface area contributed by atoms with E-state index >= 15 is 0 Å². The van der Waals surface area contributed by atoms with Crippen molar-refractivity contribution in [2.45, 2.75) is 12.2 Å². The van der Waals surface area contributed by atoms with Gasteiger partial charge in [-0.05, 0) is 76.5 Å². The maximum atomic E-state index is 3.88. The van der Waals surface area contributed by atoms with E-state index in [1.165, 1.54) is 55.3 Å². The van der Waals surface area contributed by atoms with Crippen LogP contribution in [-0.4, -0.2) is 11.1 Å². The molecule has 8 rings (SSSR count). The third-order valence-corrected chi connectivity index (χ3v) is 8.53. The van der Waals surface area contributed by atoms with Gasteiger partial charge in [0.1, 0.15) is 6.17 Å². The second kappa shape index (κ2) is 10.8. The summed E-state index contributed by atoms with van der Waals surface area (Å²) >= 11 is 0. The summed E-state index contributed by atoms with van der Waals surface area (Å²) in [6.45, 7) is 0.862. The van der Waals surface area contributed by atoms with Gasteiger partial charge in [0, 0.05) is 28.7 Å². The molecule has 2 aliphatic heterocycles. The van der Waals surface area contributed by atoms with Crippen molar-refractivity contribution < 1.29 is 0 Å². The molecular formula is C39H32N4. The van der Waals surface area contributed by atoms with E-state index in [1.54, 1.807) is 0 Å². The number of fused-ring (bicyclic) bond motifs is 3. The molecule has 6 aromatic rings. The van der Waals surface area contributed by atoms with Gasteiger partial charge in [-0.15, -0.1) is 0 Å². The lowest BCUT2D eigenvalue weighted by atomic mass is 9.96. The fourth-order valence-corrected chi connectivity index (χ4v) is 6.39. The summed E-state index contributed by atoms with van der Waals surface area (Å²) in [4.78, 5) is 0. The van der Waals surface area contributed by atoms with Gasteiger partial charge in [-0.25, -0.2) is 0 Å². The molecule has 2 aliphatic rings. The van der Waals surface area contributed by atoms with E-state index in [1.807, 2.05) is 6.20 Å². The van der Waals surface area contributed by atoms with Crippen molar-refractivity contribution in [2.24, 2.45) is 0 Å². The van der Waals surface area contributed by atoms with Gasteiger partial charge in [-0.3, -0.25) is 5.32 Å². The summed E-state index contributed by atoms with van der Waals surface area (Å²) in [5.74, 6) is 0. The molecule has 0 radical (unpaired) electrons. The molecule has 0 bridgehead atoms. The standard InChI is InChI=1S/C39H32N4/c1-3-9-30(10-4-1)39-41-35(29-17-15-27(16-18-29)28-21-23-40-24-22-28)26-36(42-39)31-19-20-38-34(25-31)33-13-7-8-14-37(33)43(38)32-11-5-2-6-12-32/h1-23,25-26,36,39-42H,24H2. The summed E-state index contributed by atoms with van der Waals surface area (Å²) in [6, 6.07) is 45.8. The first-order chi connectivity index (χ1) is 21.3.